The number of piperidine rings is 1. The Bertz CT molecular complexity index is 478. The standard InChI is InChI=1S/C15H23N3O2/c1-10-6-7-18(9-14(10)19)11(2)15(20)17-13-5-3-4-12(16)8-13/h3-5,8,10-11,14,19H,6-7,9,16H2,1-2H3,(H,17,20). The van der Waals surface area contributed by atoms with Crippen LogP contribution in [-0.2, 0) is 4.79 Å². The molecule has 0 spiro atoms. The van der Waals surface area contributed by atoms with Gasteiger partial charge in [0.15, 0.2) is 0 Å². The second-order valence-corrected chi connectivity index (χ2v) is 5.62. The van der Waals surface area contributed by atoms with Crippen molar-refractivity contribution in [3.63, 3.8) is 0 Å². The molecule has 0 bridgehead atoms. The predicted octanol–water partition coefficient (Wildman–Crippen LogP) is 1.30. The summed E-state index contributed by atoms with van der Waals surface area (Å²) in [6.45, 7) is 5.29. The smallest absolute Gasteiger partial charge is 0.241 e. The van der Waals surface area contributed by atoms with Gasteiger partial charge < -0.3 is 16.2 Å². The van der Waals surface area contributed by atoms with Crippen LogP contribution in [0.4, 0.5) is 11.4 Å². The van der Waals surface area contributed by atoms with Crippen molar-refractivity contribution in [2.24, 2.45) is 5.92 Å². The number of nitrogens with two attached hydrogens (primary N) is 1. The summed E-state index contributed by atoms with van der Waals surface area (Å²) < 4.78 is 0. The van der Waals surface area contributed by atoms with Gasteiger partial charge in [-0.2, -0.15) is 0 Å². The number of rotatable bonds is 3. The molecule has 1 fully saturated rings. The number of anilines is 2. The lowest BCUT2D eigenvalue weighted by Crippen LogP contribution is -2.50. The van der Waals surface area contributed by atoms with E-state index in [1.54, 1.807) is 12.1 Å². The maximum Gasteiger partial charge on any atom is 0.241 e. The van der Waals surface area contributed by atoms with E-state index in [2.05, 4.69) is 5.32 Å². The highest BCUT2D eigenvalue weighted by Gasteiger charge is 2.30. The van der Waals surface area contributed by atoms with E-state index in [0.717, 1.165) is 13.0 Å². The Kier molecular flexibility index (Phi) is 4.62. The lowest BCUT2D eigenvalue weighted by molar-refractivity contribution is -0.122. The molecule has 5 nitrogen and oxygen atoms in total. The third-order valence-corrected chi connectivity index (χ3v) is 4.03. The highest BCUT2D eigenvalue weighted by atomic mass is 16.3. The minimum atomic E-state index is -0.355. The molecule has 3 unspecified atom stereocenters. The summed E-state index contributed by atoms with van der Waals surface area (Å²) in [5, 5.41) is 12.8. The van der Waals surface area contributed by atoms with Crippen molar-refractivity contribution in [2.75, 3.05) is 24.1 Å². The number of amides is 1. The van der Waals surface area contributed by atoms with Crippen LogP contribution < -0.4 is 11.1 Å². The van der Waals surface area contributed by atoms with Gasteiger partial charge in [0.1, 0.15) is 0 Å². The molecular weight excluding hydrogens is 254 g/mol. The fourth-order valence-corrected chi connectivity index (χ4v) is 2.45. The Morgan fingerprint density at radius 2 is 2.30 bits per heavy atom. The Hall–Kier alpha value is -1.59. The lowest BCUT2D eigenvalue weighted by atomic mass is 9.95. The predicted molar refractivity (Wildman–Crippen MR) is 80.3 cm³/mol. The molecule has 1 aromatic carbocycles. The van der Waals surface area contributed by atoms with E-state index in [0.29, 0.717) is 23.8 Å². The van der Waals surface area contributed by atoms with Crippen molar-refractivity contribution in [1.29, 1.82) is 0 Å². The molecule has 4 N–H and O–H groups in total. The topological polar surface area (TPSA) is 78.6 Å². The van der Waals surface area contributed by atoms with Crippen LogP contribution in [-0.4, -0.2) is 41.1 Å². The van der Waals surface area contributed by atoms with Gasteiger partial charge in [-0.15, -0.1) is 0 Å². The maximum atomic E-state index is 12.2. The van der Waals surface area contributed by atoms with Gasteiger partial charge in [0.05, 0.1) is 12.1 Å². The largest absolute Gasteiger partial charge is 0.399 e. The van der Waals surface area contributed by atoms with Crippen LogP contribution in [0.2, 0.25) is 0 Å². The first kappa shape index (κ1) is 14.8. The lowest BCUT2D eigenvalue weighted by Gasteiger charge is -2.37. The zero-order chi connectivity index (χ0) is 14.7. The number of hydrogen-bond acceptors (Lipinski definition) is 4. The molecule has 1 aliphatic heterocycles. The third kappa shape index (κ3) is 3.49. The quantitative estimate of drug-likeness (QED) is 0.728. The zero-order valence-electron chi connectivity index (χ0n) is 12.0. The van der Waals surface area contributed by atoms with E-state index in [4.69, 9.17) is 5.73 Å². The third-order valence-electron chi connectivity index (χ3n) is 4.03. The van der Waals surface area contributed by atoms with Gasteiger partial charge in [-0.3, -0.25) is 9.69 Å². The summed E-state index contributed by atoms with van der Waals surface area (Å²) in [6.07, 6.45) is 0.559. The van der Waals surface area contributed by atoms with Crippen molar-refractivity contribution >= 4 is 17.3 Å². The van der Waals surface area contributed by atoms with Crippen molar-refractivity contribution in [3.8, 4) is 0 Å². The summed E-state index contributed by atoms with van der Waals surface area (Å²) in [6, 6.07) is 6.87. The number of nitrogens with one attached hydrogen (secondary N) is 1. The number of nitrogens with zero attached hydrogens (tertiary/aromatic N) is 1. The SMILES string of the molecule is CC1CCN(C(C)C(=O)Nc2cccc(N)c2)CC1O. The van der Waals surface area contributed by atoms with Gasteiger partial charge in [-0.1, -0.05) is 13.0 Å². The van der Waals surface area contributed by atoms with Crippen LogP contribution in [0.3, 0.4) is 0 Å². The van der Waals surface area contributed by atoms with Gasteiger partial charge in [-0.05, 0) is 44.0 Å². The molecule has 1 amide bonds. The fraction of sp³-hybridized carbons (Fsp3) is 0.533. The summed E-state index contributed by atoms with van der Waals surface area (Å²) in [7, 11) is 0. The van der Waals surface area contributed by atoms with Crippen LogP contribution in [0, 0.1) is 5.92 Å². The van der Waals surface area contributed by atoms with E-state index >= 15 is 0 Å². The molecule has 110 valence electrons. The van der Waals surface area contributed by atoms with Crippen LogP contribution in [0.25, 0.3) is 0 Å². The number of carbonyl (C=O) groups is 1. The van der Waals surface area contributed by atoms with E-state index < -0.39 is 0 Å². The number of β-amino-alcohol motifs (C(OH)–C–C–N with tert-alkyl or cyclic N) is 1. The second-order valence-electron chi connectivity index (χ2n) is 5.62. The van der Waals surface area contributed by atoms with Gasteiger partial charge in [0.2, 0.25) is 5.91 Å². The molecule has 0 saturated carbocycles. The molecule has 0 aromatic heterocycles. The average molecular weight is 277 g/mol. The van der Waals surface area contributed by atoms with Crippen LogP contribution in [0.15, 0.2) is 24.3 Å². The highest BCUT2D eigenvalue weighted by molar-refractivity contribution is 5.94. The van der Waals surface area contributed by atoms with Gasteiger partial charge in [0.25, 0.3) is 0 Å². The number of benzene rings is 1. The molecule has 1 aromatic rings. The van der Waals surface area contributed by atoms with Crippen molar-refractivity contribution in [2.45, 2.75) is 32.4 Å². The number of aliphatic hydroxyl groups is 1. The molecule has 2 rings (SSSR count). The summed E-state index contributed by atoms with van der Waals surface area (Å²) >= 11 is 0. The first-order chi connectivity index (χ1) is 9.47. The molecule has 0 aliphatic carbocycles. The molecule has 20 heavy (non-hydrogen) atoms. The Balaban J connectivity index is 1.95. The molecule has 0 radical (unpaired) electrons. The van der Waals surface area contributed by atoms with Gasteiger partial charge >= 0.3 is 0 Å². The Labute approximate surface area is 119 Å². The monoisotopic (exact) mass is 277 g/mol. The summed E-state index contributed by atoms with van der Waals surface area (Å²) in [5.41, 5.74) is 7.02. The number of hydrogen-bond donors (Lipinski definition) is 3. The Morgan fingerprint density at radius 3 is 2.95 bits per heavy atom. The minimum Gasteiger partial charge on any atom is -0.399 e. The van der Waals surface area contributed by atoms with E-state index in [1.165, 1.54) is 0 Å². The summed E-state index contributed by atoms with van der Waals surface area (Å²) in [4.78, 5) is 14.3. The van der Waals surface area contributed by atoms with E-state index in [1.807, 2.05) is 30.9 Å². The normalized spacial score (nSPS) is 25.1. The number of nitrogen functional groups attached to an aromatic ring is 1. The molecule has 1 heterocycles. The van der Waals surface area contributed by atoms with Crippen molar-refractivity contribution < 1.29 is 9.90 Å². The molecule has 1 saturated heterocycles. The highest BCUT2D eigenvalue weighted by Crippen LogP contribution is 2.20. The Morgan fingerprint density at radius 1 is 1.55 bits per heavy atom. The first-order valence-corrected chi connectivity index (χ1v) is 7.06. The van der Waals surface area contributed by atoms with Crippen LogP contribution in [0.1, 0.15) is 20.3 Å². The number of carbonyl (C=O) groups excluding carboxylic acids is 1. The minimum absolute atomic E-state index is 0.0719. The summed E-state index contributed by atoms with van der Waals surface area (Å²) in [5.74, 6) is 0.229. The first-order valence-electron chi connectivity index (χ1n) is 7.06. The van der Waals surface area contributed by atoms with Crippen molar-refractivity contribution in [3.05, 3.63) is 24.3 Å². The second kappa shape index (κ2) is 6.24. The van der Waals surface area contributed by atoms with E-state index in [-0.39, 0.29) is 18.1 Å². The fourth-order valence-electron chi connectivity index (χ4n) is 2.45. The average Bonchev–Trinajstić information content (AvgIpc) is 2.41. The molecule has 1 aliphatic rings. The number of aliphatic hydroxyl groups excluding tert-OH is 1. The van der Waals surface area contributed by atoms with Crippen molar-refractivity contribution in [1.82, 2.24) is 4.90 Å². The van der Waals surface area contributed by atoms with Crippen LogP contribution in [0.5, 0.6) is 0 Å². The number of likely N-dealkylation sites (tertiary alicyclic amines) is 1. The molecule has 5 heteroatoms. The molecule has 3 atom stereocenters. The zero-order valence-corrected chi connectivity index (χ0v) is 12.0. The van der Waals surface area contributed by atoms with Gasteiger partial charge in [-0.25, -0.2) is 0 Å². The van der Waals surface area contributed by atoms with Gasteiger partial charge in [0, 0.05) is 17.9 Å². The van der Waals surface area contributed by atoms with Crippen LogP contribution >= 0.6 is 0 Å². The maximum absolute atomic E-state index is 12.2. The van der Waals surface area contributed by atoms with E-state index in [9.17, 15) is 9.90 Å². The molecular formula is C15H23N3O2.